The number of ether oxygens (including phenoxy) is 1. The fourth-order valence-electron chi connectivity index (χ4n) is 8.59. The lowest BCUT2D eigenvalue weighted by Gasteiger charge is -2.26. The molecule has 2 aromatic heterocycles. The highest BCUT2D eigenvalue weighted by Crippen LogP contribution is 2.42. The molecule has 0 saturated carbocycles. The van der Waals surface area contributed by atoms with E-state index in [0.717, 1.165) is 83.4 Å². The lowest BCUT2D eigenvalue weighted by molar-refractivity contribution is 0.415. The van der Waals surface area contributed by atoms with Gasteiger partial charge < -0.3 is 18.6 Å². The van der Waals surface area contributed by atoms with Gasteiger partial charge in [-0.1, -0.05) is 133 Å². The molecule has 0 amide bonds. The second-order valence-corrected chi connectivity index (χ2v) is 14.9. The number of methoxy groups -OCH3 is 1. The summed E-state index contributed by atoms with van der Waals surface area (Å²) in [7, 11) is 1.72. The fourth-order valence-corrected chi connectivity index (χ4v) is 8.59. The van der Waals surface area contributed by atoms with E-state index in [2.05, 4.69) is 204 Å². The van der Waals surface area contributed by atoms with Crippen LogP contribution in [0.5, 0.6) is 5.75 Å². The molecular formula is C55H38N2O2. The van der Waals surface area contributed by atoms with Crippen LogP contribution in [-0.4, -0.2) is 11.7 Å². The summed E-state index contributed by atoms with van der Waals surface area (Å²) < 4.78 is 14.6. The smallest absolute Gasteiger partial charge is 0.159 e. The zero-order valence-electron chi connectivity index (χ0n) is 32.4. The summed E-state index contributed by atoms with van der Waals surface area (Å²) in [6.07, 6.45) is 0. The molecule has 0 fully saturated rings. The van der Waals surface area contributed by atoms with Gasteiger partial charge in [-0.05, 0) is 112 Å². The Morgan fingerprint density at radius 1 is 0.390 bits per heavy atom. The van der Waals surface area contributed by atoms with Gasteiger partial charge in [-0.15, -0.1) is 0 Å². The average Bonchev–Trinajstić information content (AvgIpc) is 3.86. The molecule has 2 heterocycles. The Morgan fingerprint density at radius 3 is 1.46 bits per heavy atom. The molecule has 11 aromatic rings. The van der Waals surface area contributed by atoms with Crippen molar-refractivity contribution in [2.45, 2.75) is 0 Å². The summed E-state index contributed by atoms with van der Waals surface area (Å²) in [5.74, 6) is 0.821. The number of benzene rings is 9. The van der Waals surface area contributed by atoms with E-state index in [-0.39, 0.29) is 0 Å². The minimum atomic E-state index is 0.821. The van der Waals surface area contributed by atoms with Crippen molar-refractivity contribution in [3.63, 3.8) is 0 Å². The molecule has 0 bridgehead atoms. The number of nitrogens with zero attached hydrogens (tertiary/aromatic N) is 2. The van der Waals surface area contributed by atoms with Crippen LogP contribution in [0.4, 0.5) is 17.1 Å². The molecule has 9 aromatic carbocycles. The Morgan fingerprint density at radius 2 is 0.864 bits per heavy atom. The molecule has 0 atom stereocenters. The number of aromatic nitrogens is 1. The van der Waals surface area contributed by atoms with Crippen LogP contribution in [0.3, 0.4) is 0 Å². The Hall–Kier alpha value is -7.82. The van der Waals surface area contributed by atoms with Crippen molar-refractivity contribution in [1.29, 1.82) is 0 Å². The summed E-state index contributed by atoms with van der Waals surface area (Å²) in [5.41, 5.74) is 15.3. The quantitative estimate of drug-likeness (QED) is 0.155. The first kappa shape index (κ1) is 34.4. The molecule has 4 nitrogen and oxygen atoms in total. The van der Waals surface area contributed by atoms with Gasteiger partial charge >= 0.3 is 0 Å². The predicted molar refractivity (Wildman–Crippen MR) is 246 cm³/mol. The van der Waals surface area contributed by atoms with E-state index in [1.54, 1.807) is 7.11 Å². The zero-order valence-corrected chi connectivity index (χ0v) is 32.4. The van der Waals surface area contributed by atoms with Gasteiger partial charge in [0.1, 0.15) is 11.3 Å². The van der Waals surface area contributed by atoms with Gasteiger partial charge in [0.2, 0.25) is 0 Å². The van der Waals surface area contributed by atoms with Crippen molar-refractivity contribution < 1.29 is 9.15 Å². The van der Waals surface area contributed by atoms with Crippen molar-refractivity contribution in [3.8, 4) is 44.8 Å². The van der Waals surface area contributed by atoms with Crippen LogP contribution in [0.25, 0.3) is 82.8 Å². The van der Waals surface area contributed by atoms with Gasteiger partial charge in [0.15, 0.2) is 5.58 Å². The minimum Gasteiger partial charge on any atom is -0.497 e. The van der Waals surface area contributed by atoms with Crippen molar-refractivity contribution in [3.05, 3.63) is 212 Å². The molecular weight excluding hydrogens is 721 g/mol. The molecule has 0 aliphatic heterocycles. The molecule has 11 rings (SSSR count). The topological polar surface area (TPSA) is 30.5 Å². The first-order chi connectivity index (χ1) is 29.2. The average molecular weight is 759 g/mol. The lowest BCUT2D eigenvalue weighted by atomic mass is 10.0. The third kappa shape index (κ3) is 6.01. The Bertz CT molecular complexity index is 3190. The van der Waals surface area contributed by atoms with Gasteiger partial charge in [0.25, 0.3) is 0 Å². The Balaban J connectivity index is 1.00. The molecule has 280 valence electrons. The van der Waals surface area contributed by atoms with Crippen LogP contribution in [0.1, 0.15) is 0 Å². The molecule has 4 heteroatoms. The molecule has 0 aliphatic carbocycles. The highest BCUT2D eigenvalue weighted by molar-refractivity contribution is 6.13. The number of rotatable bonds is 8. The summed E-state index contributed by atoms with van der Waals surface area (Å²) in [6.45, 7) is 0. The molecule has 0 spiro atoms. The van der Waals surface area contributed by atoms with Crippen molar-refractivity contribution in [1.82, 2.24) is 4.57 Å². The predicted octanol–water partition coefficient (Wildman–Crippen LogP) is 15.2. The second-order valence-electron chi connectivity index (χ2n) is 14.9. The largest absolute Gasteiger partial charge is 0.497 e. The number of para-hydroxylation sites is 2. The monoisotopic (exact) mass is 758 g/mol. The summed E-state index contributed by atoms with van der Waals surface area (Å²) in [5, 5.41) is 4.48. The van der Waals surface area contributed by atoms with Gasteiger partial charge in [-0.3, -0.25) is 0 Å². The van der Waals surface area contributed by atoms with Crippen molar-refractivity contribution in [2.75, 3.05) is 12.0 Å². The van der Waals surface area contributed by atoms with Crippen molar-refractivity contribution >= 4 is 60.8 Å². The van der Waals surface area contributed by atoms with E-state index < -0.39 is 0 Å². The maximum atomic E-state index is 6.54. The molecule has 0 saturated heterocycles. The molecule has 0 radical (unpaired) electrons. The SMILES string of the molecule is COc1ccc2c(c1)c1cc(-c3ccc(N(c4ccc(-c5ccccc5)cc4)c4ccc(-c5ccccc5)cc4)cc3)ccc1n2-c1cccc2c1oc1ccccc12. The van der Waals surface area contributed by atoms with E-state index in [0.29, 0.717) is 0 Å². The minimum absolute atomic E-state index is 0.821. The van der Waals surface area contributed by atoms with Crippen molar-refractivity contribution in [2.24, 2.45) is 0 Å². The van der Waals surface area contributed by atoms with Gasteiger partial charge in [-0.25, -0.2) is 0 Å². The highest BCUT2D eigenvalue weighted by atomic mass is 16.5. The summed E-state index contributed by atoms with van der Waals surface area (Å²) in [6, 6.07) is 75.4. The highest BCUT2D eigenvalue weighted by Gasteiger charge is 2.19. The molecule has 0 unspecified atom stereocenters. The third-order valence-corrected chi connectivity index (χ3v) is 11.5. The maximum Gasteiger partial charge on any atom is 0.159 e. The summed E-state index contributed by atoms with van der Waals surface area (Å²) in [4.78, 5) is 2.33. The Labute approximate surface area is 342 Å². The number of anilines is 3. The summed E-state index contributed by atoms with van der Waals surface area (Å²) >= 11 is 0. The maximum absolute atomic E-state index is 6.54. The molecule has 0 aliphatic rings. The van der Waals surface area contributed by atoms with E-state index in [4.69, 9.17) is 9.15 Å². The van der Waals surface area contributed by atoms with Gasteiger partial charge in [-0.2, -0.15) is 0 Å². The van der Waals surface area contributed by atoms with Gasteiger partial charge in [0.05, 0.1) is 23.8 Å². The van der Waals surface area contributed by atoms with E-state index >= 15 is 0 Å². The second kappa shape index (κ2) is 14.3. The molecule has 0 N–H and O–H groups in total. The van der Waals surface area contributed by atoms with Gasteiger partial charge in [0, 0.05) is 38.6 Å². The zero-order chi connectivity index (χ0) is 39.3. The van der Waals surface area contributed by atoms with Crippen LogP contribution in [0, 0.1) is 0 Å². The van der Waals surface area contributed by atoms with Crippen LogP contribution in [0.15, 0.2) is 217 Å². The number of hydrogen-bond acceptors (Lipinski definition) is 3. The molecule has 59 heavy (non-hydrogen) atoms. The lowest BCUT2D eigenvalue weighted by Crippen LogP contribution is -2.09. The van der Waals surface area contributed by atoms with E-state index in [1.165, 1.54) is 22.3 Å². The fraction of sp³-hybridized carbons (Fsp3) is 0.0182. The van der Waals surface area contributed by atoms with Crippen LogP contribution in [-0.2, 0) is 0 Å². The first-order valence-corrected chi connectivity index (χ1v) is 19.9. The standard InChI is InChI=1S/C55H38N2O2/c1-58-46-32-34-52-50(36-46)49-35-42(25-33-51(49)57(52)53-17-10-16-48-47-15-8-9-18-54(47)59-55(48)53)41-23-30-45(31-24-41)56(43-26-19-39(20-27-43)37-11-4-2-5-12-37)44-28-21-40(22-29-44)38-13-6-3-7-14-38/h2-36H,1H3. The normalized spacial score (nSPS) is 11.5. The van der Waals surface area contributed by atoms with E-state index in [9.17, 15) is 0 Å². The Kier molecular flexibility index (Phi) is 8.34. The number of fused-ring (bicyclic) bond motifs is 6. The number of furan rings is 1. The van der Waals surface area contributed by atoms with Crippen LogP contribution in [0.2, 0.25) is 0 Å². The first-order valence-electron chi connectivity index (χ1n) is 19.9. The van der Waals surface area contributed by atoms with E-state index in [1.807, 2.05) is 18.2 Å². The third-order valence-electron chi connectivity index (χ3n) is 11.5. The van der Waals surface area contributed by atoms with Crippen LogP contribution < -0.4 is 9.64 Å². The van der Waals surface area contributed by atoms with Crippen LogP contribution >= 0.6 is 0 Å². The number of hydrogen-bond donors (Lipinski definition) is 0.